The van der Waals surface area contributed by atoms with Crippen molar-refractivity contribution in [1.29, 1.82) is 0 Å². The zero-order chi connectivity index (χ0) is 25.2. The molecular weight excluding hydrogens is 464 g/mol. The molecule has 8 heteroatoms. The van der Waals surface area contributed by atoms with Gasteiger partial charge in [0.25, 0.3) is 11.4 Å². The van der Waals surface area contributed by atoms with Gasteiger partial charge in [0.05, 0.1) is 18.3 Å². The highest BCUT2D eigenvalue weighted by molar-refractivity contribution is 5.52. The van der Waals surface area contributed by atoms with Gasteiger partial charge in [-0.05, 0) is 29.7 Å². The first-order chi connectivity index (χ1) is 18.2. The van der Waals surface area contributed by atoms with Gasteiger partial charge in [0, 0.05) is 24.2 Å². The summed E-state index contributed by atoms with van der Waals surface area (Å²) >= 11 is 0. The molecule has 0 atom stereocenters. The summed E-state index contributed by atoms with van der Waals surface area (Å²) in [6.45, 7) is 1.67. The van der Waals surface area contributed by atoms with Gasteiger partial charge < -0.3 is 10.3 Å². The number of benzene rings is 3. The standard InChI is InChI=1S/C29H26N6O2/c30-29-31-24-18-34(19-25-32-27(37-33-25)22-14-8-3-9-15-22)17-16-23(24)28(36)35(29)26(20-10-4-1-5-11-20)21-12-6-2-7-13-21/h1-15,26H,16-19H2,(H2,30,31). The van der Waals surface area contributed by atoms with E-state index in [2.05, 4.69) is 15.0 Å². The molecule has 8 nitrogen and oxygen atoms in total. The number of anilines is 1. The quantitative estimate of drug-likeness (QED) is 0.383. The number of hydrogen-bond donors (Lipinski definition) is 1. The van der Waals surface area contributed by atoms with E-state index in [0.29, 0.717) is 49.0 Å². The van der Waals surface area contributed by atoms with E-state index in [0.717, 1.165) is 16.7 Å². The van der Waals surface area contributed by atoms with Crippen LogP contribution in [-0.4, -0.2) is 31.1 Å². The summed E-state index contributed by atoms with van der Waals surface area (Å²) in [7, 11) is 0. The predicted molar refractivity (Wildman–Crippen MR) is 141 cm³/mol. The van der Waals surface area contributed by atoms with Crippen molar-refractivity contribution in [2.45, 2.75) is 25.6 Å². The molecule has 0 radical (unpaired) electrons. The van der Waals surface area contributed by atoms with Gasteiger partial charge in [-0.2, -0.15) is 4.98 Å². The van der Waals surface area contributed by atoms with Crippen LogP contribution >= 0.6 is 0 Å². The third-order valence-corrected chi connectivity index (χ3v) is 6.72. The molecule has 0 spiro atoms. The van der Waals surface area contributed by atoms with Gasteiger partial charge in [-0.15, -0.1) is 0 Å². The first kappa shape index (κ1) is 22.9. The number of nitrogens with two attached hydrogens (primary N) is 1. The zero-order valence-electron chi connectivity index (χ0n) is 20.2. The molecule has 0 saturated carbocycles. The first-order valence-corrected chi connectivity index (χ1v) is 12.3. The van der Waals surface area contributed by atoms with Gasteiger partial charge in [0.1, 0.15) is 0 Å². The summed E-state index contributed by atoms with van der Waals surface area (Å²) in [5.41, 5.74) is 10.6. The molecule has 1 aliphatic heterocycles. The van der Waals surface area contributed by atoms with Crippen LogP contribution in [0.4, 0.5) is 5.95 Å². The minimum atomic E-state index is -0.360. The van der Waals surface area contributed by atoms with E-state index in [-0.39, 0.29) is 17.5 Å². The minimum absolute atomic E-state index is 0.0919. The summed E-state index contributed by atoms with van der Waals surface area (Å²) < 4.78 is 7.08. The maximum absolute atomic E-state index is 13.8. The van der Waals surface area contributed by atoms with Crippen molar-refractivity contribution in [2.24, 2.45) is 0 Å². The summed E-state index contributed by atoms with van der Waals surface area (Å²) in [6.07, 6.45) is 0.571. The van der Waals surface area contributed by atoms with Crippen molar-refractivity contribution in [1.82, 2.24) is 24.6 Å². The molecule has 184 valence electrons. The summed E-state index contributed by atoms with van der Waals surface area (Å²) in [5.74, 6) is 1.29. The largest absolute Gasteiger partial charge is 0.369 e. The van der Waals surface area contributed by atoms with Crippen molar-refractivity contribution in [2.75, 3.05) is 12.3 Å². The molecule has 5 aromatic rings. The molecule has 6 rings (SSSR count). The molecule has 0 amide bonds. The summed E-state index contributed by atoms with van der Waals surface area (Å²) in [4.78, 5) is 25.3. The van der Waals surface area contributed by atoms with Crippen molar-refractivity contribution in [3.8, 4) is 11.5 Å². The number of aromatic nitrogens is 4. The Morgan fingerprint density at radius 1 is 0.865 bits per heavy atom. The van der Waals surface area contributed by atoms with Crippen molar-refractivity contribution >= 4 is 5.95 Å². The second-order valence-electron chi connectivity index (χ2n) is 9.14. The molecule has 0 bridgehead atoms. The predicted octanol–water partition coefficient (Wildman–Crippen LogP) is 4.07. The van der Waals surface area contributed by atoms with Gasteiger partial charge in [-0.25, -0.2) is 4.98 Å². The fourth-order valence-electron chi connectivity index (χ4n) is 4.94. The van der Waals surface area contributed by atoms with Gasteiger partial charge in [0.15, 0.2) is 5.82 Å². The van der Waals surface area contributed by atoms with Crippen LogP contribution in [0.3, 0.4) is 0 Å². The van der Waals surface area contributed by atoms with E-state index in [4.69, 9.17) is 15.2 Å². The highest BCUT2D eigenvalue weighted by Gasteiger charge is 2.27. The number of rotatable bonds is 6. The van der Waals surface area contributed by atoms with E-state index in [1.807, 2.05) is 91.0 Å². The Kier molecular flexibility index (Phi) is 6.08. The average Bonchev–Trinajstić information content (AvgIpc) is 3.41. The number of nitrogen functional groups attached to an aromatic ring is 1. The van der Waals surface area contributed by atoms with Crippen LogP contribution in [0, 0.1) is 0 Å². The minimum Gasteiger partial charge on any atom is -0.369 e. The maximum Gasteiger partial charge on any atom is 0.259 e. The maximum atomic E-state index is 13.8. The zero-order valence-corrected chi connectivity index (χ0v) is 20.2. The number of fused-ring (bicyclic) bond motifs is 1. The summed E-state index contributed by atoms with van der Waals surface area (Å²) in [6, 6.07) is 29.2. The lowest BCUT2D eigenvalue weighted by Crippen LogP contribution is -2.39. The molecule has 0 fully saturated rings. The molecule has 2 N–H and O–H groups in total. The fourth-order valence-corrected chi connectivity index (χ4v) is 4.94. The number of nitrogens with zero attached hydrogens (tertiary/aromatic N) is 5. The van der Waals surface area contributed by atoms with E-state index in [9.17, 15) is 4.79 Å². The fraction of sp³-hybridized carbons (Fsp3) is 0.172. The van der Waals surface area contributed by atoms with Crippen LogP contribution in [0.1, 0.15) is 34.3 Å². The van der Waals surface area contributed by atoms with Gasteiger partial charge in [-0.1, -0.05) is 84.0 Å². The first-order valence-electron chi connectivity index (χ1n) is 12.3. The Hall–Kier alpha value is -4.56. The molecule has 37 heavy (non-hydrogen) atoms. The van der Waals surface area contributed by atoms with Crippen LogP contribution in [0.15, 0.2) is 100 Å². The Balaban J connectivity index is 1.29. The number of hydrogen-bond acceptors (Lipinski definition) is 7. The Bertz CT molecular complexity index is 1530. The molecule has 1 aliphatic rings. The van der Waals surface area contributed by atoms with Crippen molar-refractivity contribution in [3.05, 3.63) is 130 Å². The SMILES string of the molecule is Nc1nc2c(c(=O)n1C(c1ccccc1)c1ccccc1)CCN(Cc1noc(-c3ccccc3)n1)C2. The molecule has 0 unspecified atom stereocenters. The lowest BCUT2D eigenvalue weighted by Gasteiger charge is -2.29. The van der Waals surface area contributed by atoms with Crippen molar-refractivity contribution < 1.29 is 4.52 Å². The third kappa shape index (κ3) is 4.54. The molecule has 3 aromatic carbocycles. The molecule has 0 saturated heterocycles. The molecule has 0 aliphatic carbocycles. The van der Waals surface area contributed by atoms with Gasteiger partial charge in [0.2, 0.25) is 5.95 Å². The molecule has 2 aromatic heterocycles. The van der Waals surface area contributed by atoms with Crippen LogP contribution in [0.2, 0.25) is 0 Å². The molecule has 3 heterocycles. The molecular formula is C29H26N6O2. The van der Waals surface area contributed by atoms with Gasteiger partial charge in [-0.3, -0.25) is 14.3 Å². The van der Waals surface area contributed by atoms with E-state index in [1.54, 1.807) is 4.57 Å². The van der Waals surface area contributed by atoms with Crippen LogP contribution < -0.4 is 11.3 Å². The topological polar surface area (TPSA) is 103 Å². The highest BCUT2D eigenvalue weighted by Crippen LogP contribution is 2.28. The Morgan fingerprint density at radius 2 is 1.49 bits per heavy atom. The smallest absolute Gasteiger partial charge is 0.259 e. The normalized spacial score (nSPS) is 13.5. The van der Waals surface area contributed by atoms with Crippen LogP contribution in [-0.2, 0) is 19.5 Å². The average molecular weight is 491 g/mol. The summed E-state index contributed by atoms with van der Waals surface area (Å²) in [5, 5.41) is 4.14. The van der Waals surface area contributed by atoms with Crippen molar-refractivity contribution in [3.63, 3.8) is 0 Å². The van der Waals surface area contributed by atoms with Gasteiger partial charge >= 0.3 is 0 Å². The van der Waals surface area contributed by atoms with E-state index in [1.165, 1.54) is 0 Å². The highest BCUT2D eigenvalue weighted by atomic mass is 16.5. The van der Waals surface area contributed by atoms with E-state index >= 15 is 0 Å². The third-order valence-electron chi connectivity index (χ3n) is 6.72. The monoisotopic (exact) mass is 490 g/mol. The lowest BCUT2D eigenvalue weighted by atomic mass is 9.97. The van der Waals surface area contributed by atoms with E-state index < -0.39 is 0 Å². The lowest BCUT2D eigenvalue weighted by molar-refractivity contribution is 0.230. The van der Waals surface area contributed by atoms with Crippen LogP contribution in [0.5, 0.6) is 0 Å². The Labute approximate surface area is 214 Å². The van der Waals surface area contributed by atoms with Crippen LogP contribution in [0.25, 0.3) is 11.5 Å². The second-order valence-corrected chi connectivity index (χ2v) is 9.14. The second kappa shape index (κ2) is 9.83. The Morgan fingerprint density at radius 3 is 2.14 bits per heavy atom.